The van der Waals surface area contributed by atoms with Gasteiger partial charge in [-0.2, -0.15) is 0 Å². The fourth-order valence-corrected chi connectivity index (χ4v) is 2.26. The highest BCUT2D eigenvalue weighted by Crippen LogP contribution is 2.30. The van der Waals surface area contributed by atoms with Crippen molar-refractivity contribution >= 4 is 21.8 Å². The lowest BCUT2D eigenvalue weighted by Gasteiger charge is -2.37. The van der Waals surface area contributed by atoms with E-state index in [1.165, 1.54) is 0 Å². The van der Waals surface area contributed by atoms with Crippen LogP contribution in [0.3, 0.4) is 0 Å². The van der Waals surface area contributed by atoms with Gasteiger partial charge in [-0.15, -0.1) is 0 Å². The van der Waals surface area contributed by atoms with E-state index in [4.69, 9.17) is 0 Å². The zero-order chi connectivity index (χ0) is 10.1. The zero-order valence-electron chi connectivity index (χ0n) is 8.64. The first-order valence-electron chi connectivity index (χ1n) is 5.00. The number of carbonyl (C=O) groups excluding carboxylic acids is 1. The van der Waals surface area contributed by atoms with E-state index in [2.05, 4.69) is 36.7 Å². The molecule has 0 bridgehead atoms. The third kappa shape index (κ3) is 1.90. The third-order valence-electron chi connectivity index (χ3n) is 3.32. The summed E-state index contributed by atoms with van der Waals surface area (Å²) in [5.41, 5.74) is 0.0691. The first-order valence-corrected chi connectivity index (χ1v) is 5.92. The molecule has 0 aromatic rings. The second kappa shape index (κ2) is 3.99. The van der Waals surface area contributed by atoms with Gasteiger partial charge in [0.1, 0.15) is 0 Å². The van der Waals surface area contributed by atoms with Gasteiger partial charge in [0.15, 0.2) is 0 Å². The molecule has 0 aliphatic carbocycles. The van der Waals surface area contributed by atoms with E-state index >= 15 is 0 Å². The molecule has 0 aromatic carbocycles. The summed E-state index contributed by atoms with van der Waals surface area (Å²) in [5.74, 6) is 0.270. The number of nitrogens with zero attached hydrogens (tertiary/aromatic N) is 1. The Labute approximate surface area is 88.8 Å². The first kappa shape index (κ1) is 11.0. The van der Waals surface area contributed by atoms with Crippen molar-refractivity contribution in [1.82, 2.24) is 4.90 Å². The van der Waals surface area contributed by atoms with Crippen LogP contribution in [0.4, 0.5) is 0 Å². The highest BCUT2D eigenvalue weighted by molar-refractivity contribution is 9.10. The minimum absolute atomic E-state index is 0.0601. The largest absolute Gasteiger partial charge is 0.336 e. The van der Waals surface area contributed by atoms with Crippen molar-refractivity contribution in [3.05, 3.63) is 0 Å². The maximum absolute atomic E-state index is 11.7. The average Bonchev–Trinajstić information content (AvgIpc) is 2.47. The number of likely N-dealkylation sites (tertiary alicyclic amines) is 1. The SMILES string of the molecule is CCC(C)(CC)N1CCC(Br)C1=O. The summed E-state index contributed by atoms with van der Waals surface area (Å²) < 4.78 is 0. The van der Waals surface area contributed by atoms with Gasteiger partial charge >= 0.3 is 0 Å². The summed E-state index contributed by atoms with van der Waals surface area (Å²) in [6.45, 7) is 7.39. The van der Waals surface area contributed by atoms with E-state index in [0.29, 0.717) is 0 Å². The second-order valence-corrected chi connectivity index (χ2v) is 5.06. The number of hydrogen-bond donors (Lipinski definition) is 0. The lowest BCUT2D eigenvalue weighted by atomic mass is 9.93. The molecule has 2 nitrogen and oxygen atoms in total. The Balaban J connectivity index is 2.76. The Bertz CT molecular complexity index is 201. The molecule has 0 N–H and O–H groups in total. The van der Waals surface area contributed by atoms with Crippen LogP contribution in [0, 0.1) is 0 Å². The van der Waals surface area contributed by atoms with Gasteiger partial charge in [0.05, 0.1) is 4.83 Å². The molecule has 1 aliphatic heterocycles. The molecule has 1 atom stereocenters. The Kier molecular flexibility index (Phi) is 3.38. The molecule has 0 saturated carbocycles. The summed E-state index contributed by atoms with van der Waals surface area (Å²) in [7, 11) is 0. The molecule has 1 fully saturated rings. The molecular formula is C10H18BrNO. The summed E-state index contributed by atoms with van der Waals surface area (Å²) in [5, 5.41) is 0. The minimum Gasteiger partial charge on any atom is -0.336 e. The van der Waals surface area contributed by atoms with Crippen LogP contribution in [0.15, 0.2) is 0 Å². The quantitative estimate of drug-likeness (QED) is 0.703. The lowest BCUT2D eigenvalue weighted by Crippen LogP contribution is -2.47. The van der Waals surface area contributed by atoms with Crippen LogP contribution in [0.5, 0.6) is 0 Å². The fourth-order valence-electron chi connectivity index (χ4n) is 1.81. The van der Waals surface area contributed by atoms with Crippen molar-refractivity contribution in [3.8, 4) is 0 Å². The lowest BCUT2D eigenvalue weighted by molar-refractivity contribution is -0.132. The van der Waals surface area contributed by atoms with Gasteiger partial charge in [-0.1, -0.05) is 29.8 Å². The number of alkyl halides is 1. The van der Waals surface area contributed by atoms with E-state index in [0.717, 1.165) is 25.8 Å². The van der Waals surface area contributed by atoms with Gasteiger partial charge < -0.3 is 4.90 Å². The highest BCUT2D eigenvalue weighted by Gasteiger charge is 2.39. The molecule has 3 heteroatoms. The van der Waals surface area contributed by atoms with Crippen LogP contribution >= 0.6 is 15.9 Å². The maximum atomic E-state index is 11.7. The number of carbonyl (C=O) groups is 1. The molecule has 0 spiro atoms. The Morgan fingerprint density at radius 2 is 2.08 bits per heavy atom. The van der Waals surface area contributed by atoms with E-state index in [1.54, 1.807) is 0 Å². The van der Waals surface area contributed by atoms with Crippen LogP contribution < -0.4 is 0 Å². The molecule has 13 heavy (non-hydrogen) atoms. The fraction of sp³-hybridized carbons (Fsp3) is 0.900. The molecule has 0 radical (unpaired) electrons. The highest BCUT2D eigenvalue weighted by atomic mass is 79.9. The van der Waals surface area contributed by atoms with Crippen LogP contribution in [-0.4, -0.2) is 27.7 Å². The molecule has 1 heterocycles. The second-order valence-electron chi connectivity index (χ2n) is 3.95. The third-order valence-corrected chi connectivity index (χ3v) is 4.16. The number of halogens is 1. The standard InChI is InChI=1S/C10H18BrNO/c1-4-10(3,5-2)12-7-6-8(11)9(12)13/h8H,4-7H2,1-3H3. The van der Waals surface area contributed by atoms with Crippen molar-refractivity contribution < 1.29 is 4.79 Å². The summed E-state index contributed by atoms with van der Waals surface area (Å²) in [6.07, 6.45) is 3.03. The van der Waals surface area contributed by atoms with E-state index in [1.807, 2.05) is 4.90 Å². The Morgan fingerprint density at radius 3 is 2.38 bits per heavy atom. The van der Waals surface area contributed by atoms with Gasteiger partial charge in [0, 0.05) is 12.1 Å². The van der Waals surface area contributed by atoms with E-state index in [9.17, 15) is 4.79 Å². The van der Waals surface area contributed by atoms with Crippen molar-refractivity contribution in [3.63, 3.8) is 0 Å². The summed E-state index contributed by atoms with van der Waals surface area (Å²) in [6, 6.07) is 0. The average molecular weight is 248 g/mol. The number of rotatable bonds is 3. The summed E-state index contributed by atoms with van der Waals surface area (Å²) in [4.78, 5) is 13.8. The zero-order valence-corrected chi connectivity index (χ0v) is 10.2. The molecule has 1 aliphatic rings. The van der Waals surface area contributed by atoms with Crippen LogP contribution in [-0.2, 0) is 4.79 Å². The van der Waals surface area contributed by atoms with Gasteiger partial charge in [0.25, 0.3) is 0 Å². The van der Waals surface area contributed by atoms with Crippen molar-refractivity contribution in [2.24, 2.45) is 0 Å². The topological polar surface area (TPSA) is 20.3 Å². The predicted molar refractivity (Wildman–Crippen MR) is 58.0 cm³/mol. The van der Waals surface area contributed by atoms with Crippen LogP contribution in [0.25, 0.3) is 0 Å². The number of amides is 1. The monoisotopic (exact) mass is 247 g/mol. The van der Waals surface area contributed by atoms with Gasteiger partial charge in [-0.25, -0.2) is 0 Å². The van der Waals surface area contributed by atoms with Crippen molar-refractivity contribution in [1.29, 1.82) is 0 Å². The molecule has 0 aromatic heterocycles. The predicted octanol–water partition coefficient (Wildman–Crippen LogP) is 2.56. The van der Waals surface area contributed by atoms with Crippen LogP contribution in [0.2, 0.25) is 0 Å². The summed E-state index contributed by atoms with van der Waals surface area (Å²) >= 11 is 3.40. The molecule has 76 valence electrons. The first-order chi connectivity index (χ1) is 6.05. The molecule has 1 amide bonds. The van der Waals surface area contributed by atoms with E-state index in [-0.39, 0.29) is 16.3 Å². The van der Waals surface area contributed by atoms with E-state index < -0.39 is 0 Å². The molecule has 1 unspecified atom stereocenters. The molecule has 1 saturated heterocycles. The molecule has 1 rings (SSSR count). The Morgan fingerprint density at radius 1 is 1.54 bits per heavy atom. The van der Waals surface area contributed by atoms with Crippen molar-refractivity contribution in [2.45, 2.75) is 50.4 Å². The number of hydrogen-bond acceptors (Lipinski definition) is 1. The Hall–Kier alpha value is -0.0500. The van der Waals surface area contributed by atoms with Crippen LogP contribution in [0.1, 0.15) is 40.0 Å². The normalized spacial score (nSPS) is 24.2. The minimum atomic E-state index is 0.0601. The molecular weight excluding hydrogens is 230 g/mol. The van der Waals surface area contributed by atoms with Gasteiger partial charge in [-0.3, -0.25) is 4.79 Å². The smallest absolute Gasteiger partial charge is 0.236 e. The van der Waals surface area contributed by atoms with Gasteiger partial charge in [-0.05, 0) is 26.2 Å². The van der Waals surface area contributed by atoms with Gasteiger partial charge in [0.2, 0.25) is 5.91 Å². The maximum Gasteiger partial charge on any atom is 0.236 e. The van der Waals surface area contributed by atoms with Crippen molar-refractivity contribution in [2.75, 3.05) is 6.54 Å².